The zero-order valence-corrected chi connectivity index (χ0v) is 20.7. The summed E-state index contributed by atoms with van der Waals surface area (Å²) in [4.78, 5) is 26.5. The second-order valence-electron chi connectivity index (χ2n) is 8.10. The molecule has 0 saturated carbocycles. The molecule has 2 heterocycles. The Morgan fingerprint density at radius 2 is 1.62 bits per heavy atom. The maximum absolute atomic E-state index is 13.3. The second kappa shape index (κ2) is 11.7. The number of carboxylic acids is 2. The molecule has 3 unspecified atom stereocenters. The molecule has 2 N–H and O–H groups in total. The van der Waals surface area contributed by atoms with Crippen molar-refractivity contribution in [2.75, 3.05) is 39.5 Å². The lowest BCUT2D eigenvalue weighted by Gasteiger charge is -2.38. The molecule has 3 atom stereocenters. The highest BCUT2D eigenvalue weighted by Gasteiger charge is 2.32. The molecular formula is C24H28N2O6S2. The minimum Gasteiger partial charge on any atom is -0.478 e. The SMILES string of the molecule is CN1CCN(C2Cc3ccccc3S(=O)c3ccc(S(C)=O)cc32)CC1.O=C(O)/C=C/C(=O)O. The van der Waals surface area contributed by atoms with Crippen molar-refractivity contribution in [1.82, 2.24) is 9.80 Å². The fourth-order valence-electron chi connectivity index (χ4n) is 4.03. The van der Waals surface area contributed by atoms with Gasteiger partial charge in [-0.2, -0.15) is 0 Å². The molecular weight excluding hydrogens is 476 g/mol. The predicted octanol–water partition coefficient (Wildman–Crippen LogP) is 2.15. The highest BCUT2D eigenvalue weighted by molar-refractivity contribution is 7.85. The first-order valence-corrected chi connectivity index (χ1v) is 13.4. The molecule has 0 aliphatic carbocycles. The number of piperazine rings is 1. The Bertz CT molecular complexity index is 1130. The number of carboxylic acid groups (broad SMARTS) is 2. The zero-order chi connectivity index (χ0) is 24.8. The van der Waals surface area contributed by atoms with Crippen molar-refractivity contribution in [3.8, 4) is 0 Å². The summed E-state index contributed by atoms with van der Waals surface area (Å²) in [6.07, 6.45) is 3.66. The van der Waals surface area contributed by atoms with Gasteiger partial charge in [0.25, 0.3) is 0 Å². The number of nitrogens with zero attached hydrogens (tertiary/aromatic N) is 2. The Morgan fingerprint density at radius 1 is 1.00 bits per heavy atom. The van der Waals surface area contributed by atoms with E-state index in [-0.39, 0.29) is 6.04 Å². The van der Waals surface area contributed by atoms with E-state index in [9.17, 15) is 18.0 Å². The highest BCUT2D eigenvalue weighted by Crippen LogP contribution is 2.38. The van der Waals surface area contributed by atoms with Gasteiger partial charge in [-0.15, -0.1) is 0 Å². The van der Waals surface area contributed by atoms with E-state index in [1.807, 2.05) is 36.4 Å². The maximum atomic E-state index is 13.3. The fourth-order valence-corrected chi connectivity index (χ4v) is 6.01. The van der Waals surface area contributed by atoms with E-state index in [0.29, 0.717) is 12.2 Å². The first kappa shape index (κ1) is 26.0. The minimum absolute atomic E-state index is 0.176. The molecule has 2 aliphatic rings. The lowest BCUT2D eigenvalue weighted by molar-refractivity contribution is -0.134. The molecule has 2 aromatic rings. The largest absolute Gasteiger partial charge is 0.478 e. The molecule has 8 nitrogen and oxygen atoms in total. The van der Waals surface area contributed by atoms with Crippen molar-refractivity contribution in [2.24, 2.45) is 0 Å². The molecule has 0 amide bonds. The van der Waals surface area contributed by atoms with Crippen molar-refractivity contribution < 1.29 is 28.2 Å². The molecule has 0 spiro atoms. The Kier molecular flexibility index (Phi) is 8.90. The van der Waals surface area contributed by atoms with Crippen molar-refractivity contribution >= 4 is 33.5 Å². The number of benzene rings is 2. The Labute approximate surface area is 203 Å². The van der Waals surface area contributed by atoms with E-state index in [4.69, 9.17) is 10.2 Å². The first-order valence-electron chi connectivity index (χ1n) is 10.7. The van der Waals surface area contributed by atoms with Crippen molar-refractivity contribution in [3.05, 3.63) is 65.7 Å². The van der Waals surface area contributed by atoms with Crippen LogP contribution in [-0.4, -0.2) is 79.9 Å². The minimum atomic E-state index is -1.26. The van der Waals surface area contributed by atoms with Gasteiger partial charge >= 0.3 is 11.9 Å². The molecule has 1 fully saturated rings. The summed E-state index contributed by atoms with van der Waals surface area (Å²) in [6.45, 7) is 4.07. The number of aliphatic carboxylic acids is 2. The summed E-state index contributed by atoms with van der Waals surface area (Å²) in [5.41, 5.74) is 2.24. The van der Waals surface area contributed by atoms with E-state index in [1.165, 1.54) is 0 Å². The van der Waals surface area contributed by atoms with Gasteiger partial charge in [0.15, 0.2) is 0 Å². The monoisotopic (exact) mass is 504 g/mol. The Balaban J connectivity index is 0.000000350. The van der Waals surface area contributed by atoms with E-state index in [0.717, 1.165) is 58.4 Å². The van der Waals surface area contributed by atoms with Gasteiger partial charge in [-0.05, 0) is 48.9 Å². The number of rotatable bonds is 4. The molecule has 2 aromatic carbocycles. The van der Waals surface area contributed by atoms with E-state index in [1.54, 1.807) is 6.26 Å². The van der Waals surface area contributed by atoms with Crippen molar-refractivity contribution in [2.45, 2.75) is 27.1 Å². The van der Waals surface area contributed by atoms with Gasteiger partial charge in [0, 0.05) is 76.1 Å². The standard InChI is InChI=1S/C20H24N2O2S2.C4H4O4/c1-21-9-11-22(12-10-21)18-13-15-5-3-4-6-19(15)26(24)20-8-7-16(25(2)23)14-17(18)20;5-3(6)1-2-4(7)8/h3-8,14,18H,9-13H2,1-2H3;1-2H,(H,5,6)(H,7,8)/b;2-1+. The third-order valence-electron chi connectivity index (χ3n) is 5.80. The molecule has 10 heteroatoms. The van der Waals surface area contributed by atoms with Crippen LogP contribution in [0.3, 0.4) is 0 Å². The highest BCUT2D eigenvalue weighted by atomic mass is 32.2. The second-order valence-corrected chi connectivity index (χ2v) is 10.9. The zero-order valence-electron chi connectivity index (χ0n) is 19.0. The number of carbonyl (C=O) groups is 2. The topological polar surface area (TPSA) is 115 Å². The molecule has 1 saturated heterocycles. The number of hydrogen-bond donors (Lipinski definition) is 2. The number of likely N-dealkylation sites (N-methyl/N-ethyl adjacent to an activating group) is 1. The quantitative estimate of drug-likeness (QED) is 0.609. The van der Waals surface area contributed by atoms with Gasteiger partial charge < -0.3 is 15.1 Å². The molecule has 34 heavy (non-hydrogen) atoms. The first-order chi connectivity index (χ1) is 16.2. The third kappa shape index (κ3) is 6.47. The molecule has 0 radical (unpaired) electrons. The summed E-state index contributed by atoms with van der Waals surface area (Å²) < 4.78 is 25.4. The molecule has 2 aliphatic heterocycles. The van der Waals surface area contributed by atoms with Crippen LogP contribution in [0.1, 0.15) is 17.2 Å². The van der Waals surface area contributed by atoms with Crippen LogP contribution >= 0.6 is 0 Å². The normalized spacial score (nSPS) is 21.5. The van der Waals surface area contributed by atoms with Crippen LogP contribution < -0.4 is 0 Å². The van der Waals surface area contributed by atoms with E-state index >= 15 is 0 Å². The predicted molar refractivity (Wildman–Crippen MR) is 130 cm³/mol. The van der Waals surface area contributed by atoms with Crippen LogP contribution in [0.2, 0.25) is 0 Å². The van der Waals surface area contributed by atoms with Gasteiger partial charge in [-0.1, -0.05) is 18.2 Å². The van der Waals surface area contributed by atoms with Crippen LogP contribution in [0.25, 0.3) is 0 Å². The van der Waals surface area contributed by atoms with Crippen LogP contribution in [0.4, 0.5) is 0 Å². The summed E-state index contributed by atoms with van der Waals surface area (Å²) in [5, 5.41) is 15.6. The van der Waals surface area contributed by atoms with Crippen LogP contribution in [0.15, 0.2) is 69.3 Å². The molecule has 0 aromatic heterocycles. The van der Waals surface area contributed by atoms with Crippen molar-refractivity contribution in [1.29, 1.82) is 0 Å². The van der Waals surface area contributed by atoms with Crippen LogP contribution in [0.5, 0.6) is 0 Å². The van der Waals surface area contributed by atoms with Crippen LogP contribution in [0, 0.1) is 0 Å². The van der Waals surface area contributed by atoms with E-state index in [2.05, 4.69) is 22.9 Å². The summed E-state index contributed by atoms with van der Waals surface area (Å²) in [7, 11) is -0.0888. The van der Waals surface area contributed by atoms with E-state index < -0.39 is 33.5 Å². The van der Waals surface area contributed by atoms with Gasteiger partial charge in [-0.25, -0.2) is 13.8 Å². The lowest BCUT2D eigenvalue weighted by Crippen LogP contribution is -2.46. The lowest BCUT2D eigenvalue weighted by atomic mass is 9.96. The van der Waals surface area contributed by atoms with Gasteiger partial charge in [0.05, 0.1) is 10.8 Å². The molecule has 4 rings (SSSR count). The fraction of sp³-hybridized carbons (Fsp3) is 0.333. The molecule has 182 valence electrons. The summed E-state index contributed by atoms with van der Waals surface area (Å²) in [5.74, 6) is -2.51. The average molecular weight is 505 g/mol. The summed E-state index contributed by atoms with van der Waals surface area (Å²) in [6, 6.07) is 14.1. The van der Waals surface area contributed by atoms with Gasteiger partial charge in [-0.3, -0.25) is 9.11 Å². The van der Waals surface area contributed by atoms with Gasteiger partial charge in [0.1, 0.15) is 0 Å². The Morgan fingerprint density at radius 3 is 2.21 bits per heavy atom. The van der Waals surface area contributed by atoms with Gasteiger partial charge in [0.2, 0.25) is 0 Å². The average Bonchev–Trinajstić information content (AvgIpc) is 2.93. The summed E-state index contributed by atoms with van der Waals surface area (Å²) >= 11 is 0. The smallest absolute Gasteiger partial charge is 0.328 e. The molecule has 0 bridgehead atoms. The van der Waals surface area contributed by atoms with Crippen molar-refractivity contribution in [3.63, 3.8) is 0 Å². The van der Waals surface area contributed by atoms with Crippen LogP contribution in [-0.2, 0) is 37.6 Å². The Hall–Kier alpha value is -2.66. The number of hydrogen-bond acceptors (Lipinski definition) is 6. The number of fused-ring (bicyclic) bond motifs is 2. The third-order valence-corrected chi connectivity index (χ3v) is 8.29. The maximum Gasteiger partial charge on any atom is 0.328 e.